The number of anilines is 1. The van der Waals surface area contributed by atoms with Crippen LogP contribution in [0, 0.1) is 0 Å². The Balaban J connectivity index is 1.98. The lowest BCUT2D eigenvalue weighted by Crippen LogP contribution is -2.48. The number of pyridine rings is 1. The number of nitrogens with one attached hydrogen (secondary N) is 1. The Morgan fingerprint density at radius 1 is 1.32 bits per heavy atom. The first-order chi connectivity index (χ1) is 9.21. The Morgan fingerprint density at radius 2 is 2.11 bits per heavy atom. The fourth-order valence-electron chi connectivity index (χ4n) is 2.77. The number of rotatable bonds is 3. The average Bonchev–Trinajstić information content (AvgIpc) is 2.89. The maximum atomic E-state index is 11.7. The summed E-state index contributed by atoms with van der Waals surface area (Å²) in [6, 6.07) is 3.95. The lowest BCUT2D eigenvalue weighted by atomic mass is 9.81. The molecule has 1 aliphatic rings. The van der Waals surface area contributed by atoms with Gasteiger partial charge in [-0.15, -0.1) is 11.3 Å². The summed E-state index contributed by atoms with van der Waals surface area (Å²) in [5.74, 6) is -0.0655. The molecule has 100 valence electrons. The highest BCUT2D eigenvalue weighted by Gasteiger charge is 2.40. The number of aromatic nitrogens is 1. The zero-order valence-electron chi connectivity index (χ0n) is 10.6. The lowest BCUT2D eigenvalue weighted by molar-refractivity contribution is -0.143. The molecule has 2 N–H and O–H groups in total. The van der Waals surface area contributed by atoms with Gasteiger partial charge in [-0.05, 0) is 30.4 Å². The molecule has 0 radical (unpaired) electrons. The highest BCUT2D eigenvalue weighted by Crippen LogP contribution is 2.34. The fourth-order valence-corrected chi connectivity index (χ4v) is 3.55. The molecule has 2 aromatic rings. The van der Waals surface area contributed by atoms with Gasteiger partial charge in [-0.3, -0.25) is 0 Å². The Morgan fingerprint density at radius 3 is 2.84 bits per heavy atom. The summed E-state index contributed by atoms with van der Waals surface area (Å²) in [5, 5.41) is 15.8. The molecule has 0 saturated heterocycles. The molecule has 2 aromatic heterocycles. The van der Waals surface area contributed by atoms with E-state index in [1.165, 1.54) is 0 Å². The Labute approximate surface area is 115 Å². The predicted octanol–water partition coefficient (Wildman–Crippen LogP) is 3.50. The molecule has 0 unspecified atom stereocenters. The van der Waals surface area contributed by atoms with Crippen LogP contribution in [-0.4, -0.2) is 21.6 Å². The molecule has 1 saturated carbocycles. The Bertz CT molecular complexity index is 602. The van der Waals surface area contributed by atoms with Gasteiger partial charge in [0.25, 0.3) is 0 Å². The summed E-state index contributed by atoms with van der Waals surface area (Å²) in [6.07, 6.45) is 6.11. The van der Waals surface area contributed by atoms with Crippen LogP contribution < -0.4 is 5.32 Å². The van der Waals surface area contributed by atoms with Gasteiger partial charge in [0.2, 0.25) is 0 Å². The van der Waals surface area contributed by atoms with E-state index >= 15 is 0 Å². The number of fused-ring (bicyclic) bond motifs is 1. The molecule has 1 fully saturated rings. The second-order valence-electron chi connectivity index (χ2n) is 5.06. The normalized spacial score (nSPS) is 18.3. The predicted molar refractivity (Wildman–Crippen MR) is 76.7 cm³/mol. The van der Waals surface area contributed by atoms with Crippen molar-refractivity contribution in [2.75, 3.05) is 5.32 Å². The SMILES string of the molecule is O=C(O)C1(Nc2nccc3sccc23)CCCCC1. The van der Waals surface area contributed by atoms with Crippen molar-refractivity contribution < 1.29 is 9.90 Å². The third-order valence-electron chi connectivity index (χ3n) is 3.85. The first kappa shape index (κ1) is 12.4. The standard InChI is InChI=1S/C14H16N2O2S/c17-13(18)14(6-2-1-3-7-14)16-12-10-5-9-19-11(10)4-8-15-12/h4-5,8-9H,1-3,6-7H2,(H,15,16)(H,17,18). The number of carboxylic acids is 1. The van der Waals surface area contributed by atoms with Gasteiger partial charge in [0, 0.05) is 16.3 Å². The summed E-state index contributed by atoms with van der Waals surface area (Å²) >= 11 is 1.64. The van der Waals surface area contributed by atoms with Crippen molar-refractivity contribution in [3.05, 3.63) is 23.7 Å². The lowest BCUT2D eigenvalue weighted by Gasteiger charge is -2.34. The second kappa shape index (κ2) is 4.81. The van der Waals surface area contributed by atoms with Gasteiger partial charge in [0.15, 0.2) is 0 Å². The van der Waals surface area contributed by atoms with Crippen molar-refractivity contribution in [2.24, 2.45) is 0 Å². The van der Waals surface area contributed by atoms with E-state index in [0.29, 0.717) is 18.7 Å². The van der Waals surface area contributed by atoms with Gasteiger partial charge in [0.05, 0.1) is 0 Å². The minimum Gasteiger partial charge on any atom is -0.480 e. The molecular weight excluding hydrogens is 260 g/mol. The summed E-state index contributed by atoms with van der Waals surface area (Å²) in [4.78, 5) is 16.0. The van der Waals surface area contributed by atoms with Crippen LogP contribution in [0.4, 0.5) is 5.82 Å². The third-order valence-corrected chi connectivity index (χ3v) is 4.74. The van der Waals surface area contributed by atoms with Gasteiger partial charge < -0.3 is 10.4 Å². The van der Waals surface area contributed by atoms with Gasteiger partial charge in [0.1, 0.15) is 11.4 Å². The molecule has 19 heavy (non-hydrogen) atoms. The van der Waals surface area contributed by atoms with Crippen LogP contribution in [0.15, 0.2) is 23.7 Å². The van der Waals surface area contributed by atoms with Gasteiger partial charge >= 0.3 is 5.97 Å². The molecule has 5 heteroatoms. The molecule has 4 nitrogen and oxygen atoms in total. The topological polar surface area (TPSA) is 62.2 Å². The molecule has 0 aromatic carbocycles. The maximum Gasteiger partial charge on any atom is 0.329 e. The number of carboxylic acid groups (broad SMARTS) is 1. The molecule has 1 aliphatic carbocycles. The molecule has 2 heterocycles. The van der Waals surface area contributed by atoms with Crippen LogP contribution in [0.1, 0.15) is 32.1 Å². The van der Waals surface area contributed by atoms with Crippen LogP contribution in [0.3, 0.4) is 0 Å². The number of hydrogen-bond acceptors (Lipinski definition) is 4. The summed E-state index contributed by atoms with van der Waals surface area (Å²) in [7, 11) is 0. The van der Waals surface area contributed by atoms with Crippen LogP contribution in [-0.2, 0) is 4.79 Å². The molecule has 0 amide bonds. The first-order valence-electron chi connectivity index (χ1n) is 6.55. The highest BCUT2D eigenvalue weighted by molar-refractivity contribution is 7.17. The maximum absolute atomic E-state index is 11.7. The minimum absolute atomic E-state index is 0.671. The van der Waals surface area contributed by atoms with E-state index in [4.69, 9.17) is 0 Å². The summed E-state index contributed by atoms with van der Waals surface area (Å²) in [5.41, 5.74) is -0.846. The van der Waals surface area contributed by atoms with E-state index in [1.54, 1.807) is 17.5 Å². The zero-order chi connectivity index (χ0) is 13.3. The molecule has 3 rings (SSSR count). The number of nitrogens with zero attached hydrogens (tertiary/aromatic N) is 1. The van der Waals surface area contributed by atoms with Crippen molar-refractivity contribution in [1.29, 1.82) is 0 Å². The van der Waals surface area contributed by atoms with E-state index in [2.05, 4.69) is 10.3 Å². The summed E-state index contributed by atoms with van der Waals surface area (Å²) in [6.45, 7) is 0. The van der Waals surface area contributed by atoms with Crippen molar-refractivity contribution in [3.63, 3.8) is 0 Å². The van der Waals surface area contributed by atoms with Crippen LogP contribution in [0.25, 0.3) is 10.1 Å². The number of thiophene rings is 1. The fraction of sp³-hybridized carbons (Fsp3) is 0.429. The number of aliphatic carboxylic acids is 1. The average molecular weight is 276 g/mol. The minimum atomic E-state index is -0.846. The highest BCUT2D eigenvalue weighted by atomic mass is 32.1. The smallest absolute Gasteiger partial charge is 0.329 e. The monoisotopic (exact) mass is 276 g/mol. The largest absolute Gasteiger partial charge is 0.480 e. The van der Waals surface area contributed by atoms with E-state index < -0.39 is 11.5 Å². The second-order valence-corrected chi connectivity index (χ2v) is 6.01. The van der Waals surface area contributed by atoms with E-state index in [1.807, 2.05) is 17.5 Å². The third kappa shape index (κ3) is 2.18. The van der Waals surface area contributed by atoms with Crippen LogP contribution in [0.5, 0.6) is 0 Å². The van der Waals surface area contributed by atoms with Crippen molar-refractivity contribution in [1.82, 2.24) is 4.98 Å². The van der Waals surface area contributed by atoms with Gasteiger partial charge in [-0.25, -0.2) is 9.78 Å². The van der Waals surface area contributed by atoms with Crippen molar-refractivity contribution >= 4 is 33.2 Å². The van der Waals surface area contributed by atoms with Crippen LogP contribution in [0.2, 0.25) is 0 Å². The quantitative estimate of drug-likeness (QED) is 0.900. The first-order valence-corrected chi connectivity index (χ1v) is 7.43. The Hall–Kier alpha value is -1.62. The molecule has 0 aliphatic heterocycles. The molecular formula is C14H16N2O2S. The van der Waals surface area contributed by atoms with E-state index in [-0.39, 0.29) is 0 Å². The van der Waals surface area contributed by atoms with Crippen molar-refractivity contribution in [2.45, 2.75) is 37.6 Å². The van der Waals surface area contributed by atoms with E-state index in [9.17, 15) is 9.90 Å². The van der Waals surface area contributed by atoms with Crippen LogP contribution >= 0.6 is 11.3 Å². The number of carbonyl (C=O) groups is 1. The van der Waals surface area contributed by atoms with Crippen molar-refractivity contribution in [3.8, 4) is 0 Å². The summed E-state index contributed by atoms with van der Waals surface area (Å²) < 4.78 is 1.13. The molecule has 0 atom stereocenters. The Kier molecular flexibility index (Phi) is 3.14. The molecule has 0 bridgehead atoms. The van der Waals surface area contributed by atoms with Gasteiger partial charge in [-0.1, -0.05) is 19.3 Å². The number of hydrogen-bond donors (Lipinski definition) is 2. The zero-order valence-corrected chi connectivity index (χ0v) is 11.4. The van der Waals surface area contributed by atoms with Gasteiger partial charge in [-0.2, -0.15) is 0 Å². The molecule has 0 spiro atoms. The van der Waals surface area contributed by atoms with E-state index in [0.717, 1.165) is 29.3 Å².